The molecule has 1 unspecified atom stereocenters. The fourth-order valence-corrected chi connectivity index (χ4v) is 3.01. The quantitative estimate of drug-likeness (QED) is 0.838. The minimum absolute atomic E-state index is 0.165. The molecule has 1 saturated heterocycles. The number of β-amino-alcohol motifs (C(OH)–C–C–N with tert-alkyl or cyclic N) is 1. The molecule has 1 fully saturated rings. The number of hydrogen-bond acceptors (Lipinski definition) is 4. The van der Waals surface area contributed by atoms with E-state index in [-0.39, 0.29) is 18.5 Å². The molecular weight excluding hydrogens is 321 g/mol. The van der Waals surface area contributed by atoms with Crippen LogP contribution in [0, 0.1) is 5.82 Å². The molecule has 3 rings (SSSR count). The topological polar surface area (TPSA) is 41.9 Å². The summed E-state index contributed by atoms with van der Waals surface area (Å²) in [6.07, 6.45) is -0.725. The average molecular weight is 345 g/mol. The summed E-state index contributed by atoms with van der Waals surface area (Å²) in [5.74, 6) is -0.257. The maximum Gasteiger partial charge on any atom is 0.123 e. The lowest BCUT2D eigenvalue weighted by Crippen LogP contribution is -2.43. The molecule has 0 radical (unpaired) electrons. The molecule has 0 aliphatic carbocycles. The number of nitrogens with zero attached hydrogens (tertiary/aromatic N) is 1. The van der Waals surface area contributed by atoms with Gasteiger partial charge in [-0.3, -0.25) is 4.90 Å². The van der Waals surface area contributed by atoms with Crippen molar-refractivity contribution in [1.82, 2.24) is 4.90 Å². The van der Waals surface area contributed by atoms with Crippen LogP contribution in [0.3, 0.4) is 0 Å². The first-order valence-electron chi connectivity index (χ1n) is 8.60. The highest BCUT2D eigenvalue weighted by molar-refractivity contribution is 5.19. The maximum atomic E-state index is 13.4. The second-order valence-corrected chi connectivity index (χ2v) is 6.33. The van der Waals surface area contributed by atoms with Crippen molar-refractivity contribution in [1.29, 1.82) is 0 Å². The summed E-state index contributed by atoms with van der Waals surface area (Å²) in [4.78, 5) is 2.13. The number of hydrogen-bond donors (Lipinski definition) is 1. The van der Waals surface area contributed by atoms with E-state index >= 15 is 0 Å². The Hall–Kier alpha value is -1.79. The van der Waals surface area contributed by atoms with Crippen molar-refractivity contribution in [2.24, 2.45) is 0 Å². The number of ether oxygens (including phenoxy) is 2. The van der Waals surface area contributed by atoms with Gasteiger partial charge in [0, 0.05) is 19.6 Å². The van der Waals surface area contributed by atoms with E-state index in [0.717, 1.165) is 17.7 Å². The second kappa shape index (κ2) is 9.06. The van der Waals surface area contributed by atoms with Crippen LogP contribution in [0.1, 0.15) is 17.2 Å². The van der Waals surface area contributed by atoms with Crippen molar-refractivity contribution in [3.05, 3.63) is 71.5 Å². The largest absolute Gasteiger partial charge is 0.389 e. The lowest BCUT2D eigenvalue weighted by atomic mass is 10.1. The molecular formula is C20H24FNO3. The van der Waals surface area contributed by atoms with Gasteiger partial charge in [0.2, 0.25) is 0 Å². The van der Waals surface area contributed by atoms with Gasteiger partial charge >= 0.3 is 0 Å². The lowest BCUT2D eigenvalue weighted by molar-refractivity contribution is -0.0537. The number of halogens is 1. The minimum atomic E-state index is -0.560. The standard InChI is InChI=1S/C20H24FNO3/c21-18-8-4-7-17(11-18)20-13-22(9-10-25-20)12-19(23)15-24-14-16-5-2-1-3-6-16/h1-8,11,19-20,23H,9-10,12-15H2/t19-,20?/m1/s1. The third-order valence-corrected chi connectivity index (χ3v) is 4.26. The van der Waals surface area contributed by atoms with Crippen LogP contribution in [0.5, 0.6) is 0 Å². The van der Waals surface area contributed by atoms with Gasteiger partial charge in [0.05, 0.1) is 32.0 Å². The summed E-state index contributed by atoms with van der Waals surface area (Å²) in [5, 5.41) is 10.2. The van der Waals surface area contributed by atoms with Crippen LogP contribution in [-0.2, 0) is 16.1 Å². The molecule has 1 aliphatic heterocycles. The predicted octanol–water partition coefficient (Wildman–Crippen LogP) is 2.78. The molecule has 1 N–H and O–H groups in total. The molecule has 0 spiro atoms. The first kappa shape index (κ1) is 18.0. The third kappa shape index (κ3) is 5.61. The van der Waals surface area contributed by atoms with E-state index in [1.807, 2.05) is 36.4 Å². The molecule has 0 amide bonds. The van der Waals surface area contributed by atoms with Gasteiger partial charge in [-0.1, -0.05) is 42.5 Å². The van der Waals surface area contributed by atoms with Crippen LogP contribution in [0.2, 0.25) is 0 Å². The van der Waals surface area contributed by atoms with Gasteiger partial charge in [0.1, 0.15) is 5.82 Å². The zero-order chi connectivity index (χ0) is 17.5. The molecule has 0 saturated carbocycles. The Kier molecular flexibility index (Phi) is 6.53. The van der Waals surface area contributed by atoms with Crippen LogP contribution in [0.4, 0.5) is 4.39 Å². The molecule has 25 heavy (non-hydrogen) atoms. The molecule has 1 aliphatic rings. The average Bonchev–Trinajstić information content (AvgIpc) is 2.63. The molecule has 134 valence electrons. The zero-order valence-corrected chi connectivity index (χ0v) is 14.2. The van der Waals surface area contributed by atoms with E-state index in [1.54, 1.807) is 6.07 Å². The van der Waals surface area contributed by atoms with Gasteiger partial charge in [0.15, 0.2) is 0 Å². The van der Waals surface area contributed by atoms with E-state index in [4.69, 9.17) is 9.47 Å². The Labute approximate surface area is 147 Å². The number of morpholine rings is 1. The van der Waals surface area contributed by atoms with Gasteiger partial charge in [0.25, 0.3) is 0 Å². The Bertz CT molecular complexity index is 652. The summed E-state index contributed by atoms with van der Waals surface area (Å²) >= 11 is 0. The maximum absolute atomic E-state index is 13.4. The minimum Gasteiger partial charge on any atom is -0.389 e. The van der Waals surface area contributed by atoms with E-state index in [2.05, 4.69) is 4.90 Å². The van der Waals surface area contributed by atoms with Crippen LogP contribution in [0.25, 0.3) is 0 Å². The fraction of sp³-hybridized carbons (Fsp3) is 0.400. The lowest BCUT2D eigenvalue weighted by Gasteiger charge is -2.34. The van der Waals surface area contributed by atoms with Crippen LogP contribution < -0.4 is 0 Å². The molecule has 1 heterocycles. The van der Waals surface area contributed by atoms with E-state index in [1.165, 1.54) is 12.1 Å². The molecule has 2 aromatic rings. The van der Waals surface area contributed by atoms with E-state index in [0.29, 0.717) is 26.3 Å². The number of aliphatic hydroxyl groups excluding tert-OH is 1. The molecule has 0 bridgehead atoms. The van der Waals surface area contributed by atoms with Crippen molar-refractivity contribution in [3.63, 3.8) is 0 Å². The Morgan fingerprint density at radius 3 is 2.84 bits per heavy atom. The highest BCUT2D eigenvalue weighted by Crippen LogP contribution is 2.22. The van der Waals surface area contributed by atoms with Gasteiger partial charge in [-0.25, -0.2) is 4.39 Å². The Morgan fingerprint density at radius 2 is 2.04 bits per heavy atom. The van der Waals surface area contributed by atoms with Crippen LogP contribution in [0.15, 0.2) is 54.6 Å². The smallest absolute Gasteiger partial charge is 0.123 e. The zero-order valence-electron chi connectivity index (χ0n) is 14.2. The molecule has 5 heteroatoms. The summed E-state index contributed by atoms with van der Waals surface area (Å²) in [5.41, 5.74) is 1.92. The third-order valence-electron chi connectivity index (χ3n) is 4.26. The number of rotatable bonds is 7. The summed E-state index contributed by atoms with van der Waals surface area (Å²) in [7, 11) is 0. The molecule has 2 atom stereocenters. The van der Waals surface area contributed by atoms with Crippen molar-refractivity contribution >= 4 is 0 Å². The van der Waals surface area contributed by atoms with Gasteiger partial charge in [-0.15, -0.1) is 0 Å². The SMILES string of the molecule is O[C@@H](COCc1ccccc1)CN1CCOC(c2cccc(F)c2)C1. The van der Waals surface area contributed by atoms with Crippen molar-refractivity contribution in [2.75, 3.05) is 32.8 Å². The van der Waals surface area contributed by atoms with Gasteiger partial charge in [-0.2, -0.15) is 0 Å². The summed E-state index contributed by atoms with van der Waals surface area (Å²) < 4.78 is 24.7. The van der Waals surface area contributed by atoms with Gasteiger partial charge in [-0.05, 0) is 23.3 Å². The van der Waals surface area contributed by atoms with Crippen LogP contribution in [-0.4, -0.2) is 49.0 Å². The Morgan fingerprint density at radius 1 is 1.20 bits per heavy atom. The number of aliphatic hydroxyl groups is 1. The second-order valence-electron chi connectivity index (χ2n) is 6.33. The highest BCUT2D eigenvalue weighted by Gasteiger charge is 2.23. The molecule has 2 aromatic carbocycles. The van der Waals surface area contributed by atoms with Crippen molar-refractivity contribution in [3.8, 4) is 0 Å². The summed E-state index contributed by atoms with van der Waals surface area (Å²) in [6.45, 7) is 3.26. The fourth-order valence-electron chi connectivity index (χ4n) is 3.01. The molecule has 0 aromatic heterocycles. The summed E-state index contributed by atoms with van der Waals surface area (Å²) in [6, 6.07) is 16.4. The van der Waals surface area contributed by atoms with E-state index < -0.39 is 6.10 Å². The highest BCUT2D eigenvalue weighted by atomic mass is 19.1. The first-order chi connectivity index (χ1) is 12.2. The van der Waals surface area contributed by atoms with E-state index in [9.17, 15) is 9.50 Å². The monoisotopic (exact) mass is 345 g/mol. The Balaban J connectivity index is 1.44. The first-order valence-corrected chi connectivity index (χ1v) is 8.60. The van der Waals surface area contributed by atoms with Crippen molar-refractivity contribution in [2.45, 2.75) is 18.8 Å². The molecule has 4 nitrogen and oxygen atoms in total. The van der Waals surface area contributed by atoms with Crippen molar-refractivity contribution < 1.29 is 19.0 Å². The van der Waals surface area contributed by atoms with Gasteiger partial charge < -0.3 is 14.6 Å². The van der Waals surface area contributed by atoms with Crippen LogP contribution >= 0.6 is 0 Å². The predicted molar refractivity (Wildman–Crippen MR) is 93.6 cm³/mol. The normalized spacial score (nSPS) is 19.7. The number of benzene rings is 2.